The predicted molar refractivity (Wildman–Crippen MR) is 90.7 cm³/mol. The average molecular weight is 356 g/mol. The Kier molecular flexibility index (Phi) is 4.52. The molecule has 1 saturated heterocycles. The van der Waals surface area contributed by atoms with Crippen LogP contribution in [-0.4, -0.2) is 25.2 Å². The van der Waals surface area contributed by atoms with Crippen molar-refractivity contribution in [2.75, 3.05) is 16.3 Å². The average Bonchev–Trinajstić information content (AvgIpc) is 3.32. The number of hydrogen-bond acceptors (Lipinski definition) is 5. The fourth-order valence-electron chi connectivity index (χ4n) is 1.94. The Balaban J connectivity index is 1.70. The molecule has 22 heavy (non-hydrogen) atoms. The lowest BCUT2D eigenvalue weighted by Gasteiger charge is -2.08. The Morgan fingerprint density at radius 1 is 1.09 bits per heavy atom. The maximum Gasteiger partial charge on any atom is 0.179 e. The van der Waals surface area contributed by atoms with Crippen LogP contribution in [0.15, 0.2) is 53.4 Å². The van der Waals surface area contributed by atoms with Crippen LogP contribution in [0.25, 0.3) is 0 Å². The third-order valence-corrected chi connectivity index (χ3v) is 6.42. The highest BCUT2D eigenvalue weighted by atomic mass is 35.5. The van der Waals surface area contributed by atoms with Gasteiger partial charge in [0.25, 0.3) is 0 Å². The van der Waals surface area contributed by atoms with E-state index in [1.54, 1.807) is 60.3 Å². The van der Waals surface area contributed by atoms with Gasteiger partial charge in [-0.25, -0.2) is 8.42 Å². The third kappa shape index (κ3) is 3.88. The van der Waals surface area contributed by atoms with Crippen molar-refractivity contribution in [3.8, 4) is 11.5 Å². The van der Waals surface area contributed by atoms with Crippen molar-refractivity contribution in [3.05, 3.63) is 48.5 Å². The van der Waals surface area contributed by atoms with Gasteiger partial charge in [0.1, 0.15) is 11.5 Å². The van der Waals surface area contributed by atoms with Crippen LogP contribution >= 0.6 is 23.5 Å². The smallest absolute Gasteiger partial charge is 0.179 e. The topological polar surface area (TPSA) is 55.4 Å². The molecule has 1 aliphatic rings. The van der Waals surface area contributed by atoms with Crippen molar-refractivity contribution in [1.82, 2.24) is 0 Å². The predicted octanol–water partition coefficient (Wildman–Crippen LogP) is 3.93. The van der Waals surface area contributed by atoms with Crippen molar-refractivity contribution in [1.29, 1.82) is 0 Å². The first-order valence-electron chi connectivity index (χ1n) is 6.66. The molecular formula is C15H14ClNO3S2. The lowest BCUT2D eigenvalue weighted by atomic mass is 10.3. The van der Waals surface area contributed by atoms with E-state index in [1.807, 2.05) is 0 Å². The normalized spacial score (nSPS) is 17.0. The summed E-state index contributed by atoms with van der Waals surface area (Å²) < 4.78 is 30.0. The summed E-state index contributed by atoms with van der Waals surface area (Å²) in [7, 11) is -3.19. The number of sulfone groups is 1. The zero-order valence-corrected chi connectivity index (χ0v) is 13.9. The first kappa shape index (κ1) is 15.5. The Morgan fingerprint density at radius 2 is 1.64 bits per heavy atom. The third-order valence-electron chi connectivity index (χ3n) is 3.19. The van der Waals surface area contributed by atoms with E-state index in [9.17, 15) is 8.42 Å². The van der Waals surface area contributed by atoms with Gasteiger partial charge in [-0.1, -0.05) is 0 Å². The molecule has 0 radical (unpaired) electrons. The van der Waals surface area contributed by atoms with Crippen LogP contribution in [0.1, 0.15) is 0 Å². The van der Waals surface area contributed by atoms with E-state index in [4.69, 9.17) is 16.5 Å². The summed E-state index contributed by atoms with van der Waals surface area (Å²) in [6, 6.07) is 13.6. The molecular weight excluding hydrogens is 342 g/mol. The first-order chi connectivity index (χ1) is 10.6. The number of hydrogen-bond donors (Lipinski definition) is 1. The summed E-state index contributed by atoms with van der Waals surface area (Å²) in [5.41, 5.74) is 0.772. The molecule has 1 unspecified atom stereocenters. The van der Waals surface area contributed by atoms with Gasteiger partial charge in [-0.05, 0) is 48.5 Å². The molecule has 4 nitrogen and oxygen atoms in total. The molecule has 1 N–H and O–H groups in total. The van der Waals surface area contributed by atoms with Gasteiger partial charge in [0.05, 0.1) is 10.6 Å². The van der Waals surface area contributed by atoms with E-state index in [0.717, 1.165) is 11.4 Å². The van der Waals surface area contributed by atoms with Crippen molar-refractivity contribution >= 4 is 39.1 Å². The van der Waals surface area contributed by atoms with E-state index in [2.05, 4.69) is 4.84 Å². The molecule has 0 bridgehead atoms. The van der Waals surface area contributed by atoms with Gasteiger partial charge < -0.3 is 4.74 Å². The lowest BCUT2D eigenvalue weighted by molar-refractivity contribution is 0.482. The summed E-state index contributed by atoms with van der Waals surface area (Å²) >= 11 is 7.17. The monoisotopic (exact) mass is 355 g/mol. The van der Waals surface area contributed by atoms with Gasteiger partial charge in [-0.15, -0.1) is 0 Å². The van der Waals surface area contributed by atoms with Gasteiger partial charge in [0.2, 0.25) is 0 Å². The van der Waals surface area contributed by atoms with Gasteiger partial charge >= 0.3 is 0 Å². The largest absolute Gasteiger partial charge is 0.457 e. The minimum absolute atomic E-state index is 0.213. The van der Waals surface area contributed by atoms with Crippen molar-refractivity contribution in [3.63, 3.8) is 0 Å². The van der Waals surface area contributed by atoms with Gasteiger partial charge in [0, 0.05) is 28.5 Å². The summed E-state index contributed by atoms with van der Waals surface area (Å²) in [4.78, 5) is 2.85. The van der Waals surface area contributed by atoms with Crippen LogP contribution in [0, 0.1) is 0 Å². The maximum absolute atomic E-state index is 12.1. The van der Waals surface area contributed by atoms with Crippen molar-refractivity contribution in [2.24, 2.45) is 0 Å². The Hall–Kier alpha value is -1.37. The Labute approximate surface area is 138 Å². The van der Waals surface area contributed by atoms with Gasteiger partial charge in [-0.2, -0.15) is 11.8 Å². The fourth-order valence-corrected chi connectivity index (χ4v) is 4.74. The quantitative estimate of drug-likeness (QED) is 0.628. The number of nitrogens with one attached hydrogen (secondary N) is 1. The molecule has 1 fully saturated rings. The molecule has 0 amide bonds. The minimum atomic E-state index is -3.19. The summed E-state index contributed by atoms with van der Waals surface area (Å²) in [5.74, 6) is 2.39. The van der Waals surface area contributed by atoms with E-state index in [1.165, 1.54) is 0 Å². The molecule has 1 aliphatic heterocycles. The van der Waals surface area contributed by atoms with Crippen LogP contribution < -0.4 is 9.57 Å². The highest BCUT2D eigenvalue weighted by Gasteiger charge is 2.29. The molecule has 0 aromatic heterocycles. The first-order valence-corrected chi connectivity index (χ1v) is 9.74. The van der Waals surface area contributed by atoms with E-state index >= 15 is 0 Å². The second kappa shape index (κ2) is 6.40. The number of benzene rings is 2. The molecule has 2 aromatic rings. The lowest BCUT2D eigenvalue weighted by Crippen LogP contribution is -2.10. The van der Waals surface area contributed by atoms with Crippen LogP contribution in [0.2, 0.25) is 0 Å². The molecule has 3 rings (SSSR count). The molecule has 0 saturated carbocycles. The van der Waals surface area contributed by atoms with E-state index in [0.29, 0.717) is 16.4 Å². The second-order valence-electron chi connectivity index (χ2n) is 4.93. The van der Waals surface area contributed by atoms with E-state index < -0.39 is 9.84 Å². The zero-order chi connectivity index (χ0) is 15.6. The number of halogens is 1. The summed E-state index contributed by atoms with van der Waals surface area (Å²) in [6.45, 7) is 0. The van der Waals surface area contributed by atoms with Crippen molar-refractivity contribution in [2.45, 2.75) is 10.1 Å². The Bertz CT molecular complexity index is 741. The number of rotatable bonds is 6. The number of anilines is 1. The van der Waals surface area contributed by atoms with Crippen molar-refractivity contribution < 1.29 is 13.2 Å². The van der Waals surface area contributed by atoms with Gasteiger partial charge in [-0.3, -0.25) is 4.84 Å². The number of thioether (sulfide) groups is 1. The summed E-state index contributed by atoms with van der Waals surface area (Å²) in [5, 5.41) is 0.259. The van der Waals surface area contributed by atoms with Crippen LogP contribution in [0.5, 0.6) is 11.5 Å². The molecule has 2 aromatic carbocycles. The molecule has 116 valence electrons. The minimum Gasteiger partial charge on any atom is -0.457 e. The molecule has 7 heteroatoms. The zero-order valence-electron chi connectivity index (χ0n) is 11.5. The van der Waals surface area contributed by atoms with E-state index in [-0.39, 0.29) is 11.0 Å². The summed E-state index contributed by atoms with van der Waals surface area (Å²) in [6.07, 6.45) is 0. The maximum atomic E-state index is 12.1. The standard InChI is InChI=1S/C15H14ClNO3S2/c16-17-11-1-3-12(4-2-11)20-13-5-7-15(8-6-13)22(18,19)10-14-9-21-14/h1-8,14,17H,9-10H2. The second-order valence-corrected chi connectivity index (χ2v) is 8.49. The van der Waals surface area contributed by atoms with Crippen LogP contribution in [-0.2, 0) is 9.84 Å². The fraction of sp³-hybridized carbons (Fsp3) is 0.200. The molecule has 1 atom stereocenters. The van der Waals surface area contributed by atoms with Gasteiger partial charge in [0.15, 0.2) is 9.84 Å². The molecule has 0 spiro atoms. The Morgan fingerprint density at radius 3 is 2.14 bits per heavy atom. The molecule has 1 heterocycles. The van der Waals surface area contributed by atoms with Crippen LogP contribution in [0.4, 0.5) is 5.69 Å². The van der Waals surface area contributed by atoms with Crippen LogP contribution in [0.3, 0.4) is 0 Å². The molecule has 0 aliphatic carbocycles. The SMILES string of the molecule is O=S(=O)(CC1CS1)c1ccc(Oc2ccc(NCl)cc2)cc1. The highest BCUT2D eigenvalue weighted by molar-refractivity contribution is 8.08. The number of ether oxygens (including phenoxy) is 1. The highest BCUT2D eigenvalue weighted by Crippen LogP contribution is 2.33.